The molecule has 0 radical (unpaired) electrons. The normalized spacial score (nSPS) is 20.4. The summed E-state index contributed by atoms with van der Waals surface area (Å²) in [7, 11) is 0. The molecule has 1 N–H and O–H groups in total. The van der Waals surface area contributed by atoms with Crippen LogP contribution in [0.1, 0.15) is 79.6 Å². The van der Waals surface area contributed by atoms with Crippen LogP contribution in [-0.2, 0) is 24.3 Å². The van der Waals surface area contributed by atoms with Gasteiger partial charge in [0.25, 0.3) is 5.91 Å². The Morgan fingerprint density at radius 1 is 1.05 bits per heavy atom. The molecule has 1 aromatic heterocycles. The van der Waals surface area contributed by atoms with E-state index in [4.69, 9.17) is 5.10 Å². The van der Waals surface area contributed by atoms with Crippen molar-refractivity contribution in [1.82, 2.24) is 20.0 Å². The average molecular weight is 499 g/mol. The van der Waals surface area contributed by atoms with Gasteiger partial charge in [-0.2, -0.15) is 5.10 Å². The van der Waals surface area contributed by atoms with Gasteiger partial charge in [0.05, 0.1) is 12.2 Å². The number of rotatable bonds is 6. The van der Waals surface area contributed by atoms with Gasteiger partial charge in [-0.3, -0.25) is 14.3 Å². The number of carbonyl (C=O) groups is 2. The molecule has 1 saturated carbocycles. The number of amides is 2. The first-order valence-corrected chi connectivity index (χ1v) is 13.7. The highest BCUT2D eigenvalue weighted by molar-refractivity contribution is 6.00. The van der Waals surface area contributed by atoms with E-state index in [0.29, 0.717) is 18.8 Å². The van der Waals surface area contributed by atoms with Crippen molar-refractivity contribution in [3.63, 3.8) is 0 Å². The van der Waals surface area contributed by atoms with E-state index < -0.39 is 5.54 Å². The summed E-state index contributed by atoms with van der Waals surface area (Å²) in [5, 5.41) is 8.14. The van der Waals surface area contributed by atoms with Crippen molar-refractivity contribution in [3.8, 4) is 11.3 Å². The van der Waals surface area contributed by atoms with Crippen molar-refractivity contribution >= 4 is 11.8 Å². The summed E-state index contributed by atoms with van der Waals surface area (Å²) in [5.74, 6) is -0.242. The zero-order valence-electron chi connectivity index (χ0n) is 22.3. The third-order valence-corrected chi connectivity index (χ3v) is 8.22. The highest BCUT2D eigenvalue weighted by Gasteiger charge is 2.48. The molecule has 2 aromatic carbocycles. The Morgan fingerprint density at radius 2 is 1.76 bits per heavy atom. The van der Waals surface area contributed by atoms with Gasteiger partial charge in [-0.05, 0) is 55.9 Å². The van der Waals surface area contributed by atoms with Gasteiger partial charge >= 0.3 is 0 Å². The average Bonchev–Trinajstić information content (AvgIpc) is 3.15. The Balaban J connectivity index is 1.50. The van der Waals surface area contributed by atoms with E-state index >= 15 is 0 Å². The number of carbonyl (C=O) groups excluding carboxylic acids is 2. The van der Waals surface area contributed by atoms with Crippen LogP contribution in [0.25, 0.3) is 11.3 Å². The third kappa shape index (κ3) is 5.07. The molecule has 1 aliphatic heterocycles. The monoisotopic (exact) mass is 498 g/mol. The minimum absolute atomic E-state index is 0.0867. The maximum absolute atomic E-state index is 14.0. The number of fused-ring (bicyclic) bond motifs is 1. The third-order valence-electron chi connectivity index (χ3n) is 8.22. The predicted octanol–water partition coefficient (Wildman–Crippen LogP) is 5.67. The van der Waals surface area contributed by atoms with Gasteiger partial charge in [0.2, 0.25) is 5.91 Å². The van der Waals surface area contributed by atoms with Crippen molar-refractivity contribution in [3.05, 3.63) is 77.0 Å². The lowest BCUT2D eigenvalue weighted by Gasteiger charge is -2.44. The molecule has 1 fully saturated rings. The van der Waals surface area contributed by atoms with Crippen LogP contribution in [0.2, 0.25) is 0 Å². The van der Waals surface area contributed by atoms with Crippen LogP contribution in [0.4, 0.5) is 0 Å². The Bertz CT molecular complexity index is 1270. The van der Waals surface area contributed by atoms with Crippen molar-refractivity contribution < 1.29 is 9.59 Å². The number of hydrogen-bond donors (Lipinski definition) is 1. The molecule has 2 heterocycles. The first kappa shape index (κ1) is 25.2. The SMILES string of the molecule is CCc1ccc(-c2cc3n(n2)C[C@](C)(C(=O)NC2CCCCCC2)N(Cc2ccccc2C)C3=O)cc1. The van der Waals surface area contributed by atoms with Crippen LogP contribution >= 0.6 is 0 Å². The van der Waals surface area contributed by atoms with E-state index in [1.807, 2.05) is 31.2 Å². The second-order valence-electron chi connectivity index (χ2n) is 10.9. The van der Waals surface area contributed by atoms with Crippen molar-refractivity contribution in [1.29, 1.82) is 0 Å². The zero-order chi connectivity index (χ0) is 26.0. The topological polar surface area (TPSA) is 67.2 Å². The van der Waals surface area contributed by atoms with E-state index in [1.165, 1.54) is 18.4 Å². The molecule has 37 heavy (non-hydrogen) atoms. The molecule has 194 valence electrons. The number of aromatic nitrogens is 2. The first-order valence-electron chi connectivity index (χ1n) is 13.7. The van der Waals surface area contributed by atoms with Gasteiger partial charge in [0, 0.05) is 18.2 Å². The molecule has 0 unspecified atom stereocenters. The molecule has 2 amide bonds. The van der Waals surface area contributed by atoms with Crippen molar-refractivity contribution in [2.45, 2.75) is 90.4 Å². The molecule has 3 aromatic rings. The lowest BCUT2D eigenvalue weighted by molar-refractivity contribution is -0.134. The van der Waals surface area contributed by atoms with E-state index in [9.17, 15) is 9.59 Å². The van der Waals surface area contributed by atoms with Crippen LogP contribution < -0.4 is 5.32 Å². The van der Waals surface area contributed by atoms with E-state index in [1.54, 1.807) is 9.58 Å². The highest BCUT2D eigenvalue weighted by Crippen LogP contribution is 2.32. The van der Waals surface area contributed by atoms with E-state index in [2.05, 4.69) is 49.5 Å². The molecule has 0 spiro atoms. The van der Waals surface area contributed by atoms with Crippen molar-refractivity contribution in [2.75, 3.05) is 0 Å². The maximum Gasteiger partial charge on any atom is 0.273 e. The fraction of sp³-hybridized carbons (Fsp3) is 0.452. The molecule has 2 aliphatic rings. The highest BCUT2D eigenvalue weighted by atomic mass is 16.2. The van der Waals surface area contributed by atoms with Crippen molar-refractivity contribution in [2.24, 2.45) is 0 Å². The summed E-state index contributed by atoms with van der Waals surface area (Å²) >= 11 is 0. The van der Waals surface area contributed by atoms with E-state index in [-0.39, 0.29) is 17.9 Å². The Hall–Kier alpha value is -3.41. The minimum Gasteiger partial charge on any atom is -0.351 e. The molecular formula is C31H38N4O2. The van der Waals surface area contributed by atoms with Crippen LogP contribution in [0, 0.1) is 6.92 Å². The Morgan fingerprint density at radius 3 is 2.43 bits per heavy atom. The molecule has 0 saturated heterocycles. The Labute approximate surface area is 220 Å². The Kier molecular flexibility index (Phi) is 7.18. The first-order chi connectivity index (χ1) is 17.9. The van der Waals surface area contributed by atoms with Gasteiger partial charge < -0.3 is 10.2 Å². The number of nitrogens with one attached hydrogen (secondary N) is 1. The van der Waals surface area contributed by atoms with Gasteiger partial charge in [-0.25, -0.2) is 0 Å². The van der Waals surface area contributed by atoms with Gasteiger partial charge in [-0.15, -0.1) is 0 Å². The van der Waals surface area contributed by atoms with Crippen LogP contribution in [0.5, 0.6) is 0 Å². The summed E-state index contributed by atoms with van der Waals surface area (Å²) in [5.41, 5.74) is 4.63. The fourth-order valence-electron chi connectivity index (χ4n) is 5.66. The van der Waals surface area contributed by atoms with Crippen LogP contribution in [0.3, 0.4) is 0 Å². The number of aryl methyl sites for hydroxylation is 2. The molecule has 1 aliphatic carbocycles. The number of benzene rings is 2. The lowest BCUT2D eigenvalue weighted by atomic mass is 9.92. The minimum atomic E-state index is -1.05. The van der Waals surface area contributed by atoms with Gasteiger partial charge in [-0.1, -0.05) is 81.1 Å². The standard InChI is InChI=1S/C31H38N4O2/c1-4-23-15-17-24(18-16-23)27-19-28-29(36)34(20-25-12-10-9-11-22(25)2)31(3,21-35(28)33-27)30(37)32-26-13-7-5-6-8-14-26/h9-12,15-19,26H,4-8,13-14,20-21H2,1-3H3,(H,32,37)/t31-/m1/s1. The quantitative estimate of drug-likeness (QED) is 0.445. The van der Waals surface area contributed by atoms with Gasteiger partial charge in [0.1, 0.15) is 11.2 Å². The number of nitrogens with zero attached hydrogens (tertiary/aromatic N) is 3. The summed E-state index contributed by atoms with van der Waals surface area (Å²) in [6.45, 7) is 6.79. The molecule has 5 rings (SSSR count). The molecule has 6 heteroatoms. The smallest absolute Gasteiger partial charge is 0.273 e. The second kappa shape index (κ2) is 10.5. The number of hydrogen-bond acceptors (Lipinski definition) is 3. The summed E-state index contributed by atoms with van der Waals surface area (Å²) < 4.78 is 1.74. The summed E-state index contributed by atoms with van der Waals surface area (Å²) in [6.07, 6.45) is 7.69. The van der Waals surface area contributed by atoms with Gasteiger partial charge in [0.15, 0.2) is 0 Å². The molecular weight excluding hydrogens is 460 g/mol. The zero-order valence-corrected chi connectivity index (χ0v) is 22.3. The maximum atomic E-state index is 14.0. The van der Waals surface area contributed by atoms with Crippen LogP contribution in [-0.4, -0.2) is 38.1 Å². The largest absolute Gasteiger partial charge is 0.351 e. The predicted molar refractivity (Wildman–Crippen MR) is 146 cm³/mol. The summed E-state index contributed by atoms with van der Waals surface area (Å²) in [4.78, 5) is 29.7. The molecule has 0 bridgehead atoms. The van der Waals surface area contributed by atoms with E-state index in [0.717, 1.165) is 54.5 Å². The van der Waals surface area contributed by atoms with Crippen LogP contribution in [0.15, 0.2) is 54.6 Å². The molecule has 6 nitrogen and oxygen atoms in total. The fourth-order valence-corrected chi connectivity index (χ4v) is 5.66. The molecule has 1 atom stereocenters. The lowest BCUT2D eigenvalue weighted by Crippen LogP contribution is -2.64. The second-order valence-corrected chi connectivity index (χ2v) is 10.9. The summed E-state index contributed by atoms with van der Waals surface area (Å²) in [6, 6.07) is 18.4.